The standard InChI is InChI=1S/C17H22F3NO3/c1-16(2,3)24-15(22)21-8-7-11(10-21)13-6-5-12(17(18,19)20)9-14(13)23-4/h5-6,9,11H,7-8,10H2,1-4H3. The third-order valence-electron chi connectivity index (χ3n) is 3.84. The largest absolute Gasteiger partial charge is 0.496 e. The van der Waals surface area contributed by atoms with Crippen LogP contribution < -0.4 is 4.74 Å². The predicted octanol–water partition coefficient (Wildman–Crippen LogP) is 4.44. The number of halogens is 3. The zero-order chi connectivity index (χ0) is 18.1. The van der Waals surface area contributed by atoms with Crippen LogP contribution in [-0.4, -0.2) is 36.8 Å². The van der Waals surface area contributed by atoms with Crippen LogP contribution in [0.3, 0.4) is 0 Å². The summed E-state index contributed by atoms with van der Waals surface area (Å²) in [6.45, 7) is 6.27. The highest BCUT2D eigenvalue weighted by atomic mass is 19.4. The Labute approximate surface area is 139 Å². The second-order valence-corrected chi connectivity index (χ2v) is 6.87. The molecular weight excluding hydrogens is 323 g/mol. The number of likely N-dealkylation sites (tertiary alicyclic amines) is 1. The minimum absolute atomic E-state index is 0.0743. The summed E-state index contributed by atoms with van der Waals surface area (Å²) in [5.41, 5.74) is -0.650. The van der Waals surface area contributed by atoms with Crippen LogP contribution in [0, 0.1) is 0 Å². The SMILES string of the molecule is COc1cc(C(F)(F)F)ccc1C1CCN(C(=O)OC(C)(C)C)C1. The summed E-state index contributed by atoms with van der Waals surface area (Å²) in [5.74, 6) is 0.121. The van der Waals surface area contributed by atoms with E-state index in [1.54, 1.807) is 25.7 Å². The number of nitrogens with zero attached hydrogens (tertiary/aromatic N) is 1. The molecule has 1 amide bonds. The maximum Gasteiger partial charge on any atom is 0.416 e. The van der Waals surface area contributed by atoms with Crippen molar-refractivity contribution >= 4 is 6.09 Å². The van der Waals surface area contributed by atoms with Crippen molar-refractivity contribution in [1.82, 2.24) is 4.90 Å². The Morgan fingerprint density at radius 3 is 2.46 bits per heavy atom. The lowest BCUT2D eigenvalue weighted by Crippen LogP contribution is -2.35. The van der Waals surface area contributed by atoms with E-state index in [2.05, 4.69) is 0 Å². The summed E-state index contributed by atoms with van der Waals surface area (Å²) in [5, 5.41) is 0. The molecule has 0 bridgehead atoms. The molecule has 0 aromatic heterocycles. The van der Waals surface area contributed by atoms with E-state index in [1.165, 1.54) is 13.2 Å². The maximum absolute atomic E-state index is 12.8. The molecule has 1 unspecified atom stereocenters. The lowest BCUT2D eigenvalue weighted by atomic mass is 9.96. The van der Waals surface area contributed by atoms with Crippen LogP contribution >= 0.6 is 0 Å². The van der Waals surface area contributed by atoms with Gasteiger partial charge in [-0.3, -0.25) is 0 Å². The normalized spacial score (nSPS) is 18.6. The molecule has 2 rings (SSSR count). The van der Waals surface area contributed by atoms with E-state index in [9.17, 15) is 18.0 Å². The lowest BCUT2D eigenvalue weighted by molar-refractivity contribution is -0.137. The zero-order valence-corrected chi connectivity index (χ0v) is 14.2. The van der Waals surface area contributed by atoms with E-state index in [4.69, 9.17) is 9.47 Å². The summed E-state index contributed by atoms with van der Waals surface area (Å²) in [7, 11) is 1.35. The highest BCUT2D eigenvalue weighted by Gasteiger charge is 2.34. The van der Waals surface area contributed by atoms with Gasteiger partial charge in [0.2, 0.25) is 0 Å². The van der Waals surface area contributed by atoms with E-state index in [1.807, 2.05) is 0 Å². The van der Waals surface area contributed by atoms with Gasteiger partial charge in [0.1, 0.15) is 11.4 Å². The number of benzene rings is 1. The Morgan fingerprint density at radius 1 is 1.25 bits per heavy atom. The second-order valence-electron chi connectivity index (χ2n) is 6.87. The molecule has 0 spiro atoms. The van der Waals surface area contributed by atoms with Gasteiger partial charge in [0, 0.05) is 19.0 Å². The molecule has 1 aliphatic heterocycles. The molecule has 24 heavy (non-hydrogen) atoms. The monoisotopic (exact) mass is 345 g/mol. The van der Waals surface area contributed by atoms with E-state index in [0.717, 1.165) is 12.1 Å². The Kier molecular flexibility index (Phi) is 5.01. The smallest absolute Gasteiger partial charge is 0.416 e. The molecule has 134 valence electrons. The number of hydrogen-bond donors (Lipinski definition) is 0. The van der Waals surface area contributed by atoms with E-state index in [0.29, 0.717) is 25.1 Å². The zero-order valence-electron chi connectivity index (χ0n) is 14.2. The van der Waals surface area contributed by atoms with Gasteiger partial charge in [0.05, 0.1) is 12.7 Å². The highest BCUT2D eigenvalue weighted by Crippen LogP contribution is 2.38. The maximum atomic E-state index is 12.8. The third-order valence-corrected chi connectivity index (χ3v) is 3.84. The number of ether oxygens (including phenoxy) is 2. The van der Waals surface area contributed by atoms with Crippen molar-refractivity contribution in [2.45, 2.75) is 44.9 Å². The molecule has 1 aromatic rings. The van der Waals surface area contributed by atoms with Crippen molar-refractivity contribution in [3.05, 3.63) is 29.3 Å². The van der Waals surface area contributed by atoms with Crippen molar-refractivity contribution in [2.75, 3.05) is 20.2 Å². The molecule has 7 heteroatoms. The molecule has 1 aliphatic rings. The van der Waals surface area contributed by atoms with Gasteiger partial charge in [-0.25, -0.2) is 4.79 Å². The first-order chi connectivity index (χ1) is 11.0. The van der Waals surface area contributed by atoms with Crippen molar-refractivity contribution in [3.8, 4) is 5.75 Å². The lowest BCUT2D eigenvalue weighted by Gasteiger charge is -2.24. The summed E-state index contributed by atoms with van der Waals surface area (Å²) >= 11 is 0. The number of hydrogen-bond acceptors (Lipinski definition) is 3. The fourth-order valence-corrected chi connectivity index (χ4v) is 2.73. The third kappa shape index (κ3) is 4.33. The quantitative estimate of drug-likeness (QED) is 0.795. The molecule has 1 saturated heterocycles. The number of carbonyl (C=O) groups is 1. The van der Waals surface area contributed by atoms with Gasteiger partial charge >= 0.3 is 12.3 Å². The molecule has 4 nitrogen and oxygen atoms in total. The van der Waals surface area contributed by atoms with Crippen molar-refractivity contribution in [3.63, 3.8) is 0 Å². The van der Waals surface area contributed by atoms with E-state index < -0.39 is 23.4 Å². The van der Waals surface area contributed by atoms with Crippen LogP contribution in [0.4, 0.5) is 18.0 Å². The first-order valence-corrected chi connectivity index (χ1v) is 7.74. The predicted molar refractivity (Wildman–Crippen MR) is 83.2 cm³/mol. The Balaban J connectivity index is 2.15. The summed E-state index contributed by atoms with van der Waals surface area (Å²) in [4.78, 5) is 13.7. The molecular formula is C17H22F3NO3. The number of rotatable bonds is 2. The van der Waals surface area contributed by atoms with E-state index >= 15 is 0 Å². The van der Waals surface area contributed by atoms with Crippen LogP contribution in [0.5, 0.6) is 5.75 Å². The number of carbonyl (C=O) groups excluding carboxylic acids is 1. The minimum atomic E-state index is -4.41. The highest BCUT2D eigenvalue weighted by molar-refractivity contribution is 5.68. The minimum Gasteiger partial charge on any atom is -0.496 e. The Morgan fingerprint density at radius 2 is 1.92 bits per heavy atom. The van der Waals surface area contributed by atoms with Gasteiger partial charge in [0.25, 0.3) is 0 Å². The summed E-state index contributed by atoms with van der Waals surface area (Å²) < 4.78 is 48.9. The first kappa shape index (κ1) is 18.4. The average molecular weight is 345 g/mol. The average Bonchev–Trinajstić information content (AvgIpc) is 2.93. The molecule has 1 heterocycles. The topological polar surface area (TPSA) is 38.8 Å². The van der Waals surface area contributed by atoms with E-state index in [-0.39, 0.29) is 11.7 Å². The molecule has 1 fully saturated rings. The van der Waals surface area contributed by atoms with Gasteiger partial charge in [-0.1, -0.05) is 6.07 Å². The van der Waals surface area contributed by atoms with Crippen molar-refractivity contribution in [2.24, 2.45) is 0 Å². The molecule has 1 aromatic carbocycles. The van der Waals surface area contributed by atoms with Crippen LogP contribution in [0.15, 0.2) is 18.2 Å². The molecule has 0 aliphatic carbocycles. The van der Waals surface area contributed by atoms with Crippen molar-refractivity contribution in [1.29, 1.82) is 0 Å². The summed E-state index contributed by atoms with van der Waals surface area (Å²) in [6, 6.07) is 3.49. The fourth-order valence-electron chi connectivity index (χ4n) is 2.73. The molecule has 0 saturated carbocycles. The van der Waals surface area contributed by atoms with Crippen LogP contribution in [0.2, 0.25) is 0 Å². The van der Waals surface area contributed by atoms with Crippen LogP contribution in [0.1, 0.15) is 44.2 Å². The summed E-state index contributed by atoms with van der Waals surface area (Å²) in [6.07, 6.45) is -4.17. The number of methoxy groups -OCH3 is 1. The molecule has 1 atom stereocenters. The molecule has 0 N–H and O–H groups in total. The first-order valence-electron chi connectivity index (χ1n) is 7.74. The second kappa shape index (κ2) is 6.53. The fraction of sp³-hybridized carbons (Fsp3) is 0.588. The molecule has 0 radical (unpaired) electrons. The Hall–Kier alpha value is -1.92. The van der Waals surface area contributed by atoms with Crippen LogP contribution in [-0.2, 0) is 10.9 Å². The van der Waals surface area contributed by atoms with Crippen LogP contribution in [0.25, 0.3) is 0 Å². The number of alkyl halides is 3. The van der Waals surface area contributed by atoms with Crippen molar-refractivity contribution < 1.29 is 27.4 Å². The Bertz CT molecular complexity index is 608. The number of amides is 1. The van der Waals surface area contributed by atoms with Gasteiger partial charge in [-0.15, -0.1) is 0 Å². The van der Waals surface area contributed by atoms with Gasteiger partial charge in [-0.2, -0.15) is 13.2 Å². The van der Waals surface area contributed by atoms with Gasteiger partial charge < -0.3 is 14.4 Å². The van der Waals surface area contributed by atoms with Gasteiger partial charge in [-0.05, 0) is 44.9 Å². The van der Waals surface area contributed by atoms with Gasteiger partial charge in [0.15, 0.2) is 0 Å².